The van der Waals surface area contributed by atoms with Crippen LogP contribution in [0.15, 0.2) is 41.7 Å². The summed E-state index contributed by atoms with van der Waals surface area (Å²) in [5.41, 5.74) is 1.95. The highest BCUT2D eigenvalue weighted by Gasteiger charge is 2.11. The van der Waals surface area contributed by atoms with Crippen LogP contribution in [-0.4, -0.2) is 21.6 Å². The number of rotatable bonds is 5. The number of fused-ring (bicyclic) bond motifs is 1. The molecule has 0 unspecified atom stereocenters. The molecule has 0 aliphatic carbocycles. The zero-order chi connectivity index (χ0) is 16.2. The van der Waals surface area contributed by atoms with Crippen molar-refractivity contribution in [1.29, 1.82) is 0 Å². The maximum Gasteiger partial charge on any atom is 0.234 e. The van der Waals surface area contributed by atoms with Gasteiger partial charge in [-0.3, -0.25) is 4.79 Å². The van der Waals surface area contributed by atoms with Gasteiger partial charge in [0.15, 0.2) is 0 Å². The fourth-order valence-corrected chi connectivity index (χ4v) is 4.00. The van der Waals surface area contributed by atoms with Crippen molar-refractivity contribution in [3.63, 3.8) is 0 Å². The van der Waals surface area contributed by atoms with Gasteiger partial charge in [0.2, 0.25) is 5.91 Å². The van der Waals surface area contributed by atoms with Gasteiger partial charge in [-0.2, -0.15) is 0 Å². The molecule has 3 rings (SSSR count). The fraction of sp³-hybridized carbons (Fsp3) is 0.235. The number of amides is 1. The Bertz CT molecular complexity index is 845. The molecule has 0 saturated carbocycles. The predicted octanol–water partition coefficient (Wildman–Crippen LogP) is 4.29. The summed E-state index contributed by atoms with van der Waals surface area (Å²) in [4.78, 5) is 23.0. The van der Waals surface area contributed by atoms with Gasteiger partial charge >= 0.3 is 0 Å². The van der Waals surface area contributed by atoms with Gasteiger partial charge in [-0.1, -0.05) is 30.8 Å². The van der Waals surface area contributed by atoms with Crippen molar-refractivity contribution in [2.75, 3.05) is 11.1 Å². The number of carbonyl (C=O) groups is 1. The molecular formula is C17H17N3OS2. The highest BCUT2D eigenvalue weighted by atomic mass is 32.2. The number of aryl methyl sites for hydroxylation is 2. The Hall–Kier alpha value is -1.92. The van der Waals surface area contributed by atoms with Crippen LogP contribution in [0.2, 0.25) is 0 Å². The van der Waals surface area contributed by atoms with Crippen LogP contribution in [0.4, 0.5) is 5.69 Å². The Morgan fingerprint density at radius 2 is 2.17 bits per heavy atom. The molecule has 3 aromatic rings. The number of thiophene rings is 1. The first kappa shape index (κ1) is 16.0. The average Bonchev–Trinajstić information content (AvgIpc) is 2.96. The van der Waals surface area contributed by atoms with E-state index >= 15 is 0 Å². The van der Waals surface area contributed by atoms with E-state index in [9.17, 15) is 4.79 Å². The second-order valence-corrected chi connectivity index (χ2v) is 7.25. The molecule has 6 heteroatoms. The normalized spacial score (nSPS) is 10.9. The van der Waals surface area contributed by atoms with Crippen molar-refractivity contribution in [2.24, 2.45) is 0 Å². The summed E-state index contributed by atoms with van der Waals surface area (Å²) < 4.78 is 0. The van der Waals surface area contributed by atoms with E-state index in [0.717, 1.165) is 32.9 Å². The fourth-order valence-electron chi connectivity index (χ4n) is 2.23. The third-order valence-corrected chi connectivity index (χ3v) is 5.53. The molecule has 0 atom stereocenters. The zero-order valence-electron chi connectivity index (χ0n) is 13.0. The van der Waals surface area contributed by atoms with Gasteiger partial charge in [-0.15, -0.1) is 11.3 Å². The minimum atomic E-state index is -0.0293. The molecule has 0 aliphatic heterocycles. The first-order valence-electron chi connectivity index (χ1n) is 7.38. The Morgan fingerprint density at radius 3 is 2.96 bits per heavy atom. The van der Waals surface area contributed by atoms with Crippen LogP contribution in [0, 0.1) is 6.92 Å². The Balaban J connectivity index is 1.68. The highest BCUT2D eigenvalue weighted by molar-refractivity contribution is 8.00. The summed E-state index contributed by atoms with van der Waals surface area (Å²) in [6.45, 7) is 4.13. The van der Waals surface area contributed by atoms with E-state index in [2.05, 4.69) is 28.3 Å². The van der Waals surface area contributed by atoms with Crippen molar-refractivity contribution in [3.05, 3.63) is 47.1 Å². The lowest BCUT2D eigenvalue weighted by molar-refractivity contribution is -0.113. The highest BCUT2D eigenvalue weighted by Crippen LogP contribution is 2.30. The summed E-state index contributed by atoms with van der Waals surface area (Å²) in [6.07, 6.45) is 2.55. The number of thioether (sulfide) groups is 1. The van der Waals surface area contributed by atoms with E-state index in [1.807, 2.05) is 31.2 Å². The molecule has 0 aliphatic rings. The van der Waals surface area contributed by atoms with E-state index in [4.69, 9.17) is 0 Å². The Labute approximate surface area is 143 Å². The molecule has 118 valence electrons. The largest absolute Gasteiger partial charge is 0.325 e. The monoisotopic (exact) mass is 343 g/mol. The molecule has 0 spiro atoms. The Morgan fingerprint density at radius 1 is 1.30 bits per heavy atom. The molecule has 0 fully saturated rings. The van der Waals surface area contributed by atoms with Crippen molar-refractivity contribution in [2.45, 2.75) is 25.3 Å². The number of aromatic nitrogens is 2. The molecule has 0 saturated heterocycles. The van der Waals surface area contributed by atoms with Crippen molar-refractivity contribution < 1.29 is 4.79 Å². The van der Waals surface area contributed by atoms with E-state index in [-0.39, 0.29) is 5.91 Å². The van der Waals surface area contributed by atoms with Gasteiger partial charge in [0.05, 0.1) is 5.75 Å². The van der Waals surface area contributed by atoms with E-state index in [1.54, 1.807) is 17.7 Å². The molecule has 0 bridgehead atoms. The summed E-state index contributed by atoms with van der Waals surface area (Å²) in [5.74, 6) is 0.301. The van der Waals surface area contributed by atoms with Gasteiger partial charge in [0, 0.05) is 16.0 Å². The van der Waals surface area contributed by atoms with Crippen LogP contribution in [0.5, 0.6) is 0 Å². The van der Waals surface area contributed by atoms with Crippen LogP contribution >= 0.6 is 23.1 Å². The van der Waals surface area contributed by atoms with E-state index in [1.165, 1.54) is 16.6 Å². The molecule has 1 N–H and O–H groups in total. The number of hydrogen-bond acceptors (Lipinski definition) is 5. The topological polar surface area (TPSA) is 54.9 Å². The molecule has 4 nitrogen and oxygen atoms in total. The molecule has 2 heterocycles. The van der Waals surface area contributed by atoms with E-state index < -0.39 is 0 Å². The smallest absolute Gasteiger partial charge is 0.234 e. The number of nitrogens with zero attached hydrogens (tertiary/aromatic N) is 2. The summed E-state index contributed by atoms with van der Waals surface area (Å²) in [5, 5.41) is 4.83. The summed E-state index contributed by atoms with van der Waals surface area (Å²) in [6, 6.07) is 9.91. The minimum Gasteiger partial charge on any atom is -0.325 e. The van der Waals surface area contributed by atoms with E-state index in [0.29, 0.717) is 5.75 Å². The summed E-state index contributed by atoms with van der Waals surface area (Å²) in [7, 11) is 0. The lowest BCUT2D eigenvalue weighted by Crippen LogP contribution is -2.14. The minimum absolute atomic E-state index is 0.0293. The third kappa shape index (κ3) is 3.89. The van der Waals surface area contributed by atoms with Crippen LogP contribution in [0.1, 0.15) is 17.4 Å². The van der Waals surface area contributed by atoms with Crippen LogP contribution in [-0.2, 0) is 11.2 Å². The third-order valence-electron chi connectivity index (χ3n) is 3.33. The van der Waals surface area contributed by atoms with Crippen LogP contribution in [0.25, 0.3) is 10.2 Å². The van der Waals surface area contributed by atoms with Crippen molar-refractivity contribution >= 4 is 44.9 Å². The van der Waals surface area contributed by atoms with Crippen molar-refractivity contribution in [1.82, 2.24) is 9.97 Å². The number of carbonyl (C=O) groups excluding carboxylic acids is 1. The predicted molar refractivity (Wildman–Crippen MR) is 97.3 cm³/mol. The van der Waals surface area contributed by atoms with Crippen molar-refractivity contribution in [3.8, 4) is 0 Å². The second-order valence-electron chi connectivity index (χ2n) is 5.17. The number of hydrogen-bond donors (Lipinski definition) is 1. The maximum absolute atomic E-state index is 12.1. The summed E-state index contributed by atoms with van der Waals surface area (Å²) >= 11 is 3.13. The van der Waals surface area contributed by atoms with Gasteiger partial charge in [-0.25, -0.2) is 9.97 Å². The van der Waals surface area contributed by atoms with Gasteiger partial charge < -0.3 is 5.32 Å². The number of nitrogens with one attached hydrogen (secondary N) is 1. The number of anilines is 1. The molecule has 2 aromatic heterocycles. The van der Waals surface area contributed by atoms with Gasteiger partial charge in [0.1, 0.15) is 16.2 Å². The first-order chi connectivity index (χ1) is 11.2. The zero-order valence-corrected chi connectivity index (χ0v) is 14.6. The Kier molecular flexibility index (Phi) is 4.93. The molecule has 1 aromatic carbocycles. The average molecular weight is 343 g/mol. The SMILES string of the molecule is CCc1cc2c(SCC(=O)Nc3cccc(C)c3)ncnc2s1. The lowest BCUT2D eigenvalue weighted by atomic mass is 10.2. The van der Waals surface area contributed by atoms with Crippen LogP contribution < -0.4 is 5.32 Å². The molecular weight excluding hydrogens is 326 g/mol. The molecule has 23 heavy (non-hydrogen) atoms. The second kappa shape index (κ2) is 7.10. The van der Waals surface area contributed by atoms with Gasteiger partial charge in [0.25, 0.3) is 0 Å². The quantitative estimate of drug-likeness (QED) is 0.554. The molecule has 1 amide bonds. The first-order valence-corrected chi connectivity index (χ1v) is 9.18. The maximum atomic E-state index is 12.1. The lowest BCUT2D eigenvalue weighted by Gasteiger charge is -2.06. The number of benzene rings is 1. The standard InChI is InChI=1S/C17H17N3OS2/c1-3-13-8-14-16(18-10-19-17(14)23-13)22-9-15(21)20-12-6-4-5-11(2)7-12/h4-8,10H,3,9H2,1-2H3,(H,20,21). The molecule has 0 radical (unpaired) electrons. The van der Waals surface area contributed by atoms with Crippen LogP contribution in [0.3, 0.4) is 0 Å². The van der Waals surface area contributed by atoms with Gasteiger partial charge in [-0.05, 0) is 37.1 Å².